The minimum atomic E-state index is -0.438. The van der Waals surface area contributed by atoms with Crippen LogP contribution in [-0.2, 0) is 16.0 Å². The number of aromatic amines is 1. The number of tetrazole rings is 1. The minimum absolute atomic E-state index is 0.0427. The molecule has 0 bridgehead atoms. The van der Waals surface area contributed by atoms with E-state index in [0.29, 0.717) is 24.6 Å². The Bertz CT molecular complexity index is 676. The number of nitrogens with one attached hydrogen (secondary N) is 2. The zero-order valence-corrected chi connectivity index (χ0v) is 12.9. The third kappa shape index (κ3) is 3.83. The first-order valence-electron chi connectivity index (χ1n) is 7.18. The molecule has 1 aromatic heterocycles. The minimum Gasteiger partial charge on any atom is -0.381 e. The molecule has 9 heteroatoms. The second kappa shape index (κ2) is 7.01. The third-order valence-corrected chi connectivity index (χ3v) is 4.11. The highest BCUT2D eigenvalue weighted by Crippen LogP contribution is 2.26. The number of carbonyl (C=O) groups excluding carboxylic acids is 1. The van der Waals surface area contributed by atoms with Crippen molar-refractivity contribution < 1.29 is 13.9 Å². The van der Waals surface area contributed by atoms with Gasteiger partial charge in [-0.1, -0.05) is 22.9 Å². The van der Waals surface area contributed by atoms with Gasteiger partial charge in [-0.25, -0.2) is 4.39 Å². The number of ether oxygens (including phenoxy) is 1. The van der Waals surface area contributed by atoms with Crippen LogP contribution in [-0.4, -0.2) is 39.7 Å². The topological polar surface area (TPSA) is 92.8 Å². The van der Waals surface area contributed by atoms with Gasteiger partial charge in [-0.3, -0.25) is 4.79 Å². The molecule has 2 atom stereocenters. The van der Waals surface area contributed by atoms with E-state index >= 15 is 0 Å². The molecule has 2 unspecified atom stereocenters. The Hall–Kier alpha value is -2.06. The van der Waals surface area contributed by atoms with Crippen LogP contribution in [0, 0.1) is 11.7 Å². The van der Waals surface area contributed by atoms with E-state index in [4.69, 9.17) is 16.3 Å². The van der Waals surface area contributed by atoms with Gasteiger partial charge in [0.05, 0.1) is 19.1 Å². The number of hydrogen-bond donors (Lipinski definition) is 2. The molecule has 2 N–H and O–H groups in total. The largest absolute Gasteiger partial charge is 0.381 e. The summed E-state index contributed by atoms with van der Waals surface area (Å²) in [7, 11) is 0. The van der Waals surface area contributed by atoms with Crippen molar-refractivity contribution in [2.75, 3.05) is 13.2 Å². The second-order valence-corrected chi connectivity index (χ2v) is 5.76. The molecule has 122 valence electrons. The number of hydrogen-bond acceptors (Lipinski definition) is 5. The summed E-state index contributed by atoms with van der Waals surface area (Å²) < 4.78 is 18.4. The van der Waals surface area contributed by atoms with E-state index in [1.807, 2.05) is 0 Å². The Kier molecular flexibility index (Phi) is 4.82. The number of rotatable bonds is 5. The van der Waals surface area contributed by atoms with Crippen molar-refractivity contribution in [3.63, 3.8) is 0 Å². The average molecular weight is 340 g/mol. The Labute approximate surface area is 136 Å². The first kappa shape index (κ1) is 15.8. The van der Waals surface area contributed by atoms with Crippen LogP contribution in [0.4, 0.5) is 4.39 Å². The molecule has 2 heterocycles. The maximum atomic E-state index is 13.1. The lowest BCUT2D eigenvalue weighted by molar-refractivity contribution is -0.121. The Balaban J connectivity index is 1.70. The number of halogens is 2. The van der Waals surface area contributed by atoms with Crippen molar-refractivity contribution in [2.24, 2.45) is 5.92 Å². The maximum absolute atomic E-state index is 13.1. The Morgan fingerprint density at radius 2 is 2.43 bits per heavy atom. The zero-order valence-electron chi connectivity index (χ0n) is 12.1. The molecule has 1 aliphatic rings. The molecular formula is C14H15ClFN5O2. The first-order valence-corrected chi connectivity index (χ1v) is 7.55. The smallest absolute Gasteiger partial charge is 0.225 e. The second-order valence-electron chi connectivity index (χ2n) is 5.35. The highest BCUT2D eigenvalue weighted by atomic mass is 35.5. The van der Waals surface area contributed by atoms with Crippen LogP contribution in [0.1, 0.15) is 23.9 Å². The fraction of sp³-hybridized carbons (Fsp3) is 0.429. The molecule has 0 spiro atoms. The van der Waals surface area contributed by atoms with Gasteiger partial charge < -0.3 is 10.1 Å². The summed E-state index contributed by atoms with van der Waals surface area (Å²) in [6.45, 7) is 1.16. The van der Waals surface area contributed by atoms with E-state index in [1.54, 1.807) is 0 Å². The monoisotopic (exact) mass is 339 g/mol. The number of nitrogens with zero attached hydrogens (tertiary/aromatic N) is 3. The van der Waals surface area contributed by atoms with Gasteiger partial charge >= 0.3 is 0 Å². The number of aromatic nitrogens is 4. The zero-order chi connectivity index (χ0) is 16.2. The molecule has 1 amide bonds. The predicted octanol–water partition coefficient (Wildman–Crippen LogP) is 1.43. The number of benzene rings is 1. The Morgan fingerprint density at radius 3 is 3.09 bits per heavy atom. The molecule has 1 fully saturated rings. The van der Waals surface area contributed by atoms with Gasteiger partial charge in [-0.2, -0.15) is 5.21 Å². The Morgan fingerprint density at radius 1 is 1.57 bits per heavy atom. The summed E-state index contributed by atoms with van der Waals surface area (Å²) in [6, 6.07) is 3.57. The molecule has 0 radical (unpaired) electrons. The van der Waals surface area contributed by atoms with Crippen molar-refractivity contribution in [3.8, 4) is 0 Å². The van der Waals surface area contributed by atoms with Crippen LogP contribution in [0.15, 0.2) is 18.2 Å². The summed E-state index contributed by atoms with van der Waals surface area (Å²) in [5.74, 6) is -0.188. The molecule has 2 aromatic rings. The normalized spacial score (nSPS) is 18.8. The molecule has 23 heavy (non-hydrogen) atoms. The van der Waals surface area contributed by atoms with Gasteiger partial charge in [0, 0.05) is 17.5 Å². The van der Waals surface area contributed by atoms with E-state index in [2.05, 4.69) is 25.9 Å². The lowest BCUT2D eigenvalue weighted by Crippen LogP contribution is -2.35. The van der Waals surface area contributed by atoms with E-state index < -0.39 is 5.82 Å². The summed E-state index contributed by atoms with van der Waals surface area (Å²) in [6.07, 6.45) is 0.845. The number of amides is 1. The van der Waals surface area contributed by atoms with Crippen LogP contribution in [0.2, 0.25) is 5.02 Å². The summed E-state index contributed by atoms with van der Waals surface area (Å²) in [5.41, 5.74) is 0.556. The third-order valence-electron chi connectivity index (χ3n) is 3.76. The predicted molar refractivity (Wildman–Crippen MR) is 79.1 cm³/mol. The maximum Gasteiger partial charge on any atom is 0.225 e. The van der Waals surface area contributed by atoms with Gasteiger partial charge in [0.1, 0.15) is 5.82 Å². The molecule has 0 saturated carbocycles. The fourth-order valence-electron chi connectivity index (χ4n) is 2.57. The van der Waals surface area contributed by atoms with Gasteiger partial charge in [-0.05, 0) is 24.1 Å². The molecule has 3 rings (SSSR count). The van der Waals surface area contributed by atoms with Crippen molar-refractivity contribution in [2.45, 2.75) is 18.9 Å². The van der Waals surface area contributed by atoms with Crippen LogP contribution in [0.25, 0.3) is 0 Å². The summed E-state index contributed by atoms with van der Waals surface area (Å²) in [5, 5.41) is 17.0. The highest BCUT2D eigenvalue weighted by Gasteiger charge is 2.31. The van der Waals surface area contributed by atoms with Crippen LogP contribution in [0.5, 0.6) is 0 Å². The highest BCUT2D eigenvalue weighted by molar-refractivity contribution is 6.31. The SMILES string of the molecule is O=C(Cc1ccc(F)cc1Cl)NC(c1nn[nH]n1)C1CCOC1. The fourth-order valence-corrected chi connectivity index (χ4v) is 2.81. The van der Waals surface area contributed by atoms with Crippen LogP contribution in [0.3, 0.4) is 0 Å². The van der Waals surface area contributed by atoms with Crippen molar-refractivity contribution in [1.29, 1.82) is 0 Å². The van der Waals surface area contributed by atoms with Crippen molar-refractivity contribution in [3.05, 3.63) is 40.4 Å². The summed E-state index contributed by atoms with van der Waals surface area (Å²) in [4.78, 5) is 12.3. The van der Waals surface area contributed by atoms with Crippen LogP contribution < -0.4 is 5.32 Å². The van der Waals surface area contributed by atoms with Gasteiger partial charge in [0.25, 0.3) is 0 Å². The van der Waals surface area contributed by atoms with Crippen molar-refractivity contribution >= 4 is 17.5 Å². The summed E-state index contributed by atoms with van der Waals surface area (Å²) >= 11 is 5.96. The lowest BCUT2D eigenvalue weighted by Gasteiger charge is -2.20. The van der Waals surface area contributed by atoms with E-state index in [0.717, 1.165) is 6.42 Å². The molecule has 1 aromatic carbocycles. The first-order chi connectivity index (χ1) is 11.1. The molecule has 1 aliphatic heterocycles. The van der Waals surface area contributed by atoms with Gasteiger partial charge in [0.15, 0.2) is 5.82 Å². The van der Waals surface area contributed by atoms with E-state index in [1.165, 1.54) is 18.2 Å². The standard InChI is InChI=1S/C14H15ClFN5O2/c15-11-6-10(16)2-1-8(11)5-12(22)17-13(9-3-4-23-7-9)14-18-20-21-19-14/h1-2,6,9,13H,3-5,7H2,(H,17,22)(H,18,19,20,21). The quantitative estimate of drug-likeness (QED) is 0.859. The molecule has 1 saturated heterocycles. The molecule has 7 nitrogen and oxygen atoms in total. The van der Waals surface area contributed by atoms with Crippen LogP contribution >= 0.6 is 11.6 Å². The lowest BCUT2D eigenvalue weighted by atomic mass is 9.98. The van der Waals surface area contributed by atoms with E-state index in [9.17, 15) is 9.18 Å². The number of carbonyl (C=O) groups is 1. The molecular weight excluding hydrogens is 325 g/mol. The van der Waals surface area contributed by atoms with Crippen molar-refractivity contribution in [1.82, 2.24) is 25.9 Å². The van der Waals surface area contributed by atoms with Gasteiger partial charge in [0.2, 0.25) is 5.91 Å². The average Bonchev–Trinajstić information content (AvgIpc) is 3.21. The molecule has 0 aliphatic carbocycles. The van der Waals surface area contributed by atoms with E-state index in [-0.39, 0.29) is 29.3 Å². The van der Waals surface area contributed by atoms with Gasteiger partial charge in [-0.15, -0.1) is 10.2 Å². The number of H-pyrrole nitrogens is 1.